The number of rotatable bonds is 5. The summed E-state index contributed by atoms with van der Waals surface area (Å²) in [5.41, 5.74) is 2.74. The van der Waals surface area contributed by atoms with Crippen LogP contribution in [0.2, 0.25) is 0 Å². The van der Waals surface area contributed by atoms with Gasteiger partial charge in [-0.05, 0) is 24.0 Å². The molecule has 0 radical (unpaired) electrons. The van der Waals surface area contributed by atoms with Crippen molar-refractivity contribution in [1.29, 1.82) is 0 Å². The Morgan fingerprint density at radius 3 is 1.67 bits per heavy atom. The molecular weight excluding hydrogens is 236 g/mol. The Labute approximate surface area is 112 Å². The van der Waals surface area contributed by atoms with E-state index >= 15 is 0 Å². The van der Waals surface area contributed by atoms with E-state index in [9.17, 15) is 0 Å². The van der Waals surface area contributed by atoms with Crippen LogP contribution in [0.5, 0.6) is 0 Å². The fourth-order valence-electron chi connectivity index (χ4n) is 2.50. The van der Waals surface area contributed by atoms with Crippen molar-refractivity contribution in [3.63, 3.8) is 0 Å². The van der Waals surface area contributed by atoms with E-state index in [4.69, 9.17) is 5.11 Å². The summed E-state index contributed by atoms with van der Waals surface area (Å²) in [6, 6.07) is 21.3. The second-order valence-corrected chi connectivity index (χ2v) is 6.60. The highest BCUT2D eigenvalue weighted by atomic mass is 28.1. The Balaban J connectivity index is 2.41. The van der Waals surface area contributed by atoms with Crippen LogP contribution in [0.25, 0.3) is 0 Å². The lowest BCUT2D eigenvalue weighted by Crippen LogP contribution is -2.28. The van der Waals surface area contributed by atoms with E-state index in [0.717, 1.165) is 23.1 Å². The number of aliphatic hydroxyl groups is 1. The van der Waals surface area contributed by atoms with Crippen LogP contribution < -0.4 is 0 Å². The van der Waals surface area contributed by atoms with Gasteiger partial charge in [0, 0.05) is 21.9 Å². The zero-order chi connectivity index (χ0) is 12.8. The molecule has 2 heteroatoms. The number of hydrogen-bond acceptors (Lipinski definition) is 1. The maximum Gasteiger partial charge on any atom is 0.0431 e. The molecule has 2 rings (SSSR count). The van der Waals surface area contributed by atoms with E-state index in [2.05, 4.69) is 60.7 Å². The van der Waals surface area contributed by atoms with Gasteiger partial charge in [-0.15, -0.1) is 0 Å². The van der Waals surface area contributed by atoms with Crippen LogP contribution in [-0.2, 0) is 5.04 Å². The lowest BCUT2D eigenvalue weighted by atomic mass is 9.86. The molecule has 0 atom stereocenters. The maximum atomic E-state index is 9.14. The highest BCUT2D eigenvalue weighted by molar-refractivity contribution is 6.18. The Morgan fingerprint density at radius 2 is 1.28 bits per heavy atom. The summed E-state index contributed by atoms with van der Waals surface area (Å²) in [6.07, 6.45) is 1.87. The molecule has 0 fully saturated rings. The molecule has 1 nitrogen and oxygen atoms in total. The van der Waals surface area contributed by atoms with Gasteiger partial charge in [-0.2, -0.15) is 0 Å². The standard InChI is InChI=1S/C16H20OSi/c17-13-7-12-16(18,14-8-3-1-4-9-14)15-10-5-2-6-11-15/h1-6,8-11,17H,7,12-13H2,18H3. The third kappa shape index (κ3) is 2.71. The Bertz CT molecular complexity index is 427. The average Bonchev–Trinajstić information content (AvgIpc) is 2.46. The zero-order valence-electron chi connectivity index (χ0n) is 10.8. The van der Waals surface area contributed by atoms with Gasteiger partial charge in [0.2, 0.25) is 0 Å². The quantitative estimate of drug-likeness (QED) is 0.812. The van der Waals surface area contributed by atoms with Crippen LogP contribution in [0.1, 0.15) is 24.0 Å². The van der Waals surface area contributed by atoms with Crippen molar-refractivity contribution < 1.29 is 5.11 Å². The van der Waals surface area contributed by atoms with E-state index in [1.807, 2.05) is 0 Å². The van der Waals surface area contributed by atoms with Crippen LogP contribution in [0.3, 0.4) is 0 Å². The molecule has 0 unspecified atom stereocenters. The van der Waals surface area contributed by atoms with Crippen LogP contribution in [-0.4, -0.2) is 22.0 Å². The Hall–Kier alpha value is -1.38. The summed E-state index contributed by atoms with van der Waals surface area (Å²) >= 11 is 0. The molecule has 1 N–H and O–H groups in total. The van der Waals surface area contributed by atoms with Crippen molar-refractivity contribution in [2.45, 2.75) is 17.9 Å². The molecule has 0 spiro atoms. The first-order chi connectivity index (χ1) is 8.77. The predicted molar refractivity (Wildman–Crippen MR) is 79.9 cm³/mol. The van der Waals surface area contributed by atoms with Crippen LogP contribution in [0, 0.1) is 0 Å². The summed E-state index contributed by atoms with van der Waals surface area (Å²) in [6.45, 7) is 0.268. The molecule has 2 aromatic rings. The second kappa shape index (κ2) is 5.98. The molecule has 0 aliphatic rings. The Morgan fingerprint density at radius 1 is 0.833 bits per heavy atom. The summed E-state index contributed by atoms with van der Waals surface area (Å²) in [4.78, 5) is 0. The van der Waals surface area contributed by atoms with Crippen molar-refractivity contribution in [1.82, 2.24) is 0 Å². The third-order valence-electron chi connectivity index (χ3n) is 3.66. The summed E-state index contributed by atoms with van der Waals surface area (Å²) < 4.78 is 0. The van der Waals surface area contributed by atoms with Gasteiger partial charge in [0.05, 0.1) is 0 Å². The summed E-state index contributed by atoms with van der Waals surface area (Å²) in [5, 5.41) is 9.26. The van der Waals surface area contributed by atoms with Gasteiger partial charge in [0.1, 0.15) is 0 Å². The first kappa shape index (κ1) is 13.1. The van der Waals surface area contributed by atoms with Gasteiger partial charge in [-0.25, -0.2) is 0 Å². The molecule has 0 saturated heterocycles. The van der Waals surface area contributed by atoms with Crippen molar-refractivity contribution in [2.75, 3.05) is 6.61 Å². The molecular formula is C16H20OSi. The molecule has 0 heterocycles. The smallest absolute Gasteiger partial charge is 0.0431 e. The molecule has 0 aromatic heterocycles. The minimum absolute atomic E-state index is 0.116. The molecule has 0 amide bonds. The molecule has 2 aromatic carbocycles. The summed E-state index contributed by atoms with van der Waals surface area (Å²) in [5.74, 6) is 0. The van der Waals surface area contributed by atoms with Gasteiger partial charge in [0.25, 0.3) is 0 Å². The topological polar surface area (TPSA) is 20.2 Å². The van der Waals surface area contributed by atoms with E-state index < -0.39 is 0 Å². The maximum absolute atomic E-state index is 9.14. The molecule has 0 aliphatic heterocycles. The van der Waals surface area contributed by atoms with Gasteiger partial charge in [0.15, 0.2) is 0 Å². The van der Waals surface area contributed by atoms with Crippen molar-refractivity contribution in [3.8, 4) is 0 Å². The fourth-order valence-corrected chi connectivity index (χ4v) is 3.52. The Kier molecular flexibility index (Phi) is 4.34. The van der Waals surface area contributed by atoms with Gasteiger partial charge >= 0.3 is 0 Å². The van der Waals surface area contributed by atoms with E-state index in [1.165, 1.54) is 11.1 Å². The normalized spacial score (nSPS) is 11.6. The van der Waals surface area contributed by atoms with Crippen molar-refractivity contribution in [2.24, 2.45) is 0 Å². The summed E-state index contributed by atoms with van der Waals surface area (Å²) in [7, 11) is 1.05. The fraction of sp³-hybridized carbons (Fsp3) is 0.250. The average molecular weight is 256 g/mol. The predicted octanol–water partition coefficient (Wildman–Crippen LogP) is 2.07. The highest BCUT2D eigenvalue weighted by Gasteiger charge is 2.27. The zero-order valence-corrected chi connectivity index (χ0v) is 12.8. The SMILES string of the molecule is OCCCC([SiH3])(c1ccccc1)c1ccccc1. The molecule has 0 saturated carbocycles. The van der Waals surface area contributed by atoms with E-state index in [-0.39, 0.29) is 11.6 Å². The lowest BCUT2D eigenvalue weighted by Gasteiger charge is -2.31. The van der Waals surface area contributed by atoms with Gasteiger partial charge < -0.3 is 5.11 Å². The van der Waals surface area contributed by atoms with Gasteiger partial charge in [-0.3, -0.25) is 0 Å². The highest BCUT2D eigenvalue weighted by Crippen LogP contribution is 2.33. The van der Waals surface area contributed by atoms with Crippen LogP contribution in [0.15, 0.2) is 60.7 Å². The number of aliphatic hydroxyl groups excluding tert-OH is 1. The van der Waals surface area contributed by atoms with Crippen molar-refractivity contribution in [3.05, 3.63) is 71.8 Å². The minimum Gasteiger partial charge on any atom is -0.396 e. The first-order valence-electron chi connectivity index (χ1n) is 6.49. The van der Waals surface area contributed by atoms with Crippen molar-refractivity contribution >= 4 is 10.2 Å². The van der Waals surface area contributed by atoms with Crippen LogP contribution in [0.4, 0.5) is 0 Å². The van der Waals surface area contributed by atoms with E-state index in [0.29, 0.717) is 0 Å². The largest absolute Gasteiger partial charge is 0.396 e. The monoisotopic (exact) mass is 256 g/mol. The number of benzene rings is 2. The minimum atomic E-state index is 0.116. The lowest BCUT2D eigenvalue weighted by molar-refractivity contribution is 0.279. The molecule has 0 bridgehead atoms. The molecule has 0 aliphatic carbocycles. The molecule has 18 heavy (non-hydrogen) atoms. The van der Waals surface area contributed by atoms with Gasteiger partial charge in [-0.1, -0.05) is 60.7 Å². The first-order valence-corrected chi connectivity index (χ1v) is 7.49. The molecule has 94 valence electrons. The van der Waals surface area contributed by atoms with Crippen LogP contribution >= 0.6 is 0 Å². The third-order valence-corrected chi connectivity index (χ3v) is 5.31. The van der Waals surface area contributed by atoms with E-state index in [1.54, 1.807) is 0 Å². The second-order valence-electron chi connectivity index (χ2n) is 4.89. The number of hydrogen-bond donors (Lipinski definition) is 1.